The van der Waals surface area contributed by atoms with Crippen LogP contribution in [0, 0.1) is 10.1 Å². The van der Waals surface area contributed by atoms with Crippen LogP contribution in [0.5, 0.6) is 0 Å². The Morgan fingerprint density at radius 3 is 2.27 bits per heavy atom. The highest BCUT2D eigenvalue weighted by atomic mass is 35.5. The fourth-order valence-electron chi connectivity index (χ4n) is 4.85. The number of piperazine rings is 1. The van der Waals surface area contributed by atoms with Gasteiger partial charge in [0, 0.05) is 80.7 Å². The minimum absolute atomic E-state index is 0.0367. The number of nitro benzene ring substituents is 1. The number of anilines is 2. The van der Waals surface area contributed by atoms with E-state index in [1.54, 1.807) is 4.90 Å². The number of carbonyl (C=O) groups is 1. The number of hydrogen-bond donors (Lipinski definition) is 1. The zero-order chi connectivity index (χ0) is 26.6. The van der Waals surface area contributed by atoms with Gasteiger partial charge in [0.15, 0.2) is 0 Å². The Balaban J connectivity index is 1.20. The summed E-state index contributed by atoms with van der Waals surface area (Å²) in [4.78, 5) is 28.8. The molecular formula is C25H29ClF3N5O3. The molecule has 1 N–H and O–H groups in total. The van der Waals surface area contributed by atoms with Gasteiger partial charge in [-0.2, -0.15) is 13.2 Å². The lowest BCUT2D eigenvalue weighted by atomic mass is 10.0. The number of benzene rings is 2. The second kappa shape index (κ2) is 11.6. The van der Waals surface area contributed by atoms with Crippen molar-refractivity contribution in [1.29, 1.82) is 0 Å². The van der Waals surface area contributed by atoms with Crippen molar-refractivity contribution in [3.8, 4) is 0 Å². The summed E-state index contributed by atoms with van der Waals surface area (Å²) in [6, 6.07) is 10.8. The number of rotatable bonds is 7. The molecule has 12 heteroatoms. The highest BCUT2D eigenvalue weighted by Gasteiger charge is 2.39. The Labute approximate surface area is 218 Å². The zero-order valence-electron chi connectivity index (χ0n) is 20.2. The van der Waals surface area contributed by atoms with Crippen LogP contribution in [0.3, 0.4) is 0 Å². The third kappa shape index (κ3) is 7.04. The summed E-state index contributed by atoms with van der Waals surface area (Å²) in [5, 5.41) is 14.7. The first-order chi connectivity index (χ1) is 17.6. The molecule has 0 radical (unpaired) electrons. The Kier molecular flexibility index (Phi) is 8.43. The molecule has 1 amide bonds. The van der Waals surface area contributed by atoms with Crippen molar-refractivity contribution in [3.05, 3.63) is 63.2 Å². The lowest BCUT2D eigenvalue weighted by Gasteiger charge is -2.36. The molecule has 0 spiro atoms. The summed E-state index contributed by atoms with van der Waals surface area (Å²) in [5.74, 6) is -0.0367. The highest BCUT2D eigenvalue weighted by molar-refractivity contribution is 6.30. The number of carbonyl (C=O) groups excluding carboxylic acids is 1. The zero-order valence-corrected chi connectivity index (χ0v) is 21.0. The van der Waals surface area contributed by atoms with Gasteiger partial charge in [0.05, 0.1) is 4.92 Å². The molecule has 2 fully saturated rings. The molecule has 0 saturated carbocycles. The Morgan fingerprint density at radius 2 is 1.65 bits per heavy atom. The highest BCUT2D eigenvalue weighted by Crippen LogP contribution is 2.38. The number of piperidine rings is 1. The van der Waals surface area contributed by atoms with Crippen molar-refractivity contribution in [2.24, 2.45) is 0 Å². The largest absolute Gasteiger partial charge is 0.423 e. The first kappa shape index (κ1) is 27.0. The minimum Gasteiger partial charge on any atom is -0.371 e. The summed E-state index contributed by atoms with van der Waals surface area (Å²) < 4.78 is 39.9. The molecule has 0 atom stereocenters. The smallest absolute Gasteiger partial charge is 0.371 e. The monoisotopic (exact) mass is 539 g/mol. The summed E-state index contributed by atoms with van der Waals surface area (Å²) in [6.45, 7) is 4.99. The molecular weight excluding hydrogens is 511 g/mol. The van der Waals surface area contributed by atoms with Gasteiger partial charge in [0.1, 0.15) is 5.56 Å². The number of alkyl halides is 3. The summed E-state index contributed by atoms with van der Waals surface area (Å²) in [5.41, 5.74) is -0.817. The molecule has 0 aromatic heterocycles. The molecule has 200 valence electrons. The van der Waals surface area contributed by atoms with E-state index >= 15 is 0 Å². The van der Waals surface area contributed by atoms with Crippen molar-refractivity contribution in [2.45, 2.75) is 31.5 Å². The van der Waals surface area contributed by atoms with E-state index in [4.69, 9.17) is 11.6 Å². The quantitative estimate of drug-likeness (QED) is 0.410. The van der Waals surface area contributed by atoms with Crippen molar-refractivity contribution < 1.29 is 22.9 Å². The van der Waals surface area contributed by atoms with Gasteiger partial charge in [0.25, 0.3) is 5.69 Å². The average molecular weight is 540 g/mol. The Hall–Kier alpha value is -3.05. The van der Waals surface area contributed by atoms with Crippen molar-refractivity contribution in [1.82, 2.24) is 10.2 Å². The Morgan fingerprint density at radius 1 is 1.00 bits per heavy atom. The maximum atomic E-state index is 13.3. The van der Waals surface area contributed by atoms with E-state index in [0.29, 0.717) is 49.6 Å². The number of amides is 1. The first-order valence-electron chi connectivity index (χ1n) is 12.2. The molecule has 2 heterocycles. The van der Waals surface area contributed by atoms with Crippen molar-refractivity contribution >= 4 is 34.6 Å². The summed E-state index contributed by atoms with van der Waals surface area (Å²) >= 11 is 6.09. The van der Waals surface area contributed by atoms with Gasteiger partial charge in [-0.3, -0.25) is 19.8 Å². The molecule has 2 saturated heterocycles. The van der Waals surface area contributed by atoms with Gasteiger partial charge in [-0.1, -0.05) is 17.7 Å². The standard InChI is InChI=1S/C25H29ClF3N5O3/c26-18-2-1-3-20(16-18)33-14-12-31(13-15-33)9-8-24(35)30-19-6-10-32(11-7-19)21-4-5-23(34(36)37)22(17-21)25(27,28)29/h1-5,16-17,19H,6-15H2,(H,30,35). The summed E-state index contributed by atoms with van der Waals surface area (Å²) in [7, 11) is 0. The first-order valence-corrected chi connectivity index (χ1v) is 12.6. The van der Waals surface area contributed by atoms with Crippen LogP contribution in [0.25, 0.3) is 0 Å². The second-order valence-electron chi connectivity index (χ2n) is 9.34. The van der Waals surface area contributed by atoms with Crippen molar-refractivity contribution in [3.63, 3.8) is 0 Å². The van der Waals surface area contributed by atoms with E-state index in [9.17, 15) is 28.1 Å². The Bertz CT molecular complexity index is 1120. The number of nitrogens with one attached hydrogen (secondary N) is 1. The third-order valence-corrected chi connectivity index (χ3v) is 7.14. The topological polar surface area (TPSA) is 82.0 Å². The van der Waals surface area contributed by atoms with Crippen molar-refractivity contribution in [2.75, 3.05) is 55.6 Å². The van der Waals surface area contributed by atoms with Crippen LogP contribution in [0.1, 0.15) is 24.8 Å². The van der Waals surface area contributed by atoms with Crippen LogP contribution in [-0.4, -0.2) is 67.6 Å². The van der Waals surface area contributed by atoms with Gasteiger partial charge in [-0.05, 0) is 43.2 Å². The molecule has 2 aromatic carbocycles. The normalized spacial score (nSPS) is 17.6. The van der Waals surface area contributed by atoms with Crippen LogP contribution in [0.4, 0.5) is 30.2 Å². The van der Waals surface area contributed by atoms with Crippen LogP contribution < -0.4 is 15.1 Å². The maximum absolute atomic E-state index is 13.3. The van der Waals surface area contributed by atoms with E-state index in [2.05, 4.69) is 15.1 Å². The van der Waals surface area contributed by atoms with Gasteiger partial charge in [-0.15, -0.1) is 0 Å². The molecule has 2 aromatic rings. The lowest BCUT2D eigenvalue weighted by molar-refractivity contribution is -0.388. The molecule has 37 heavy (non-hydrogen) atoms. The predicted molar refractivity (Wildman–Crippen MR) is 136 cm³/mol. The van der Waals surface area contributed by atoms with Crippen LogP contribution >= 0.6 is 11.6 Å². The van der Waals surface area contributed by atoms with Crippen LogP contribution in [0.15, 0.2) is 42.5 Å². The summed E-state index contributed by atoms with van der Waals surface area (Å²) in [6.07, 6.45) is -3.26. The number of hydrogen-bond acceptors (Lipinski definition) is 6. The van der Waals surface area contributed by atoms with Crippen LogP contribution in [-0.2, 0) is 11.0 Å². The van der Waals surface area contributed by atoms with Gasteiger partial charge >= 0.3 is 6.18 Å². The molecule has 0 unspecified atom stereocenters. The van der Waals surface area contributed by atoms with E-state index < -0.39 is 22.4 Å². The minimum atomic E-state index is -4.81. The molecule has 2 aliphatic rings. The van der Waals surface area contributed by atoms with Gasteiger partial charge in [0.2, 0.25) is 5.91 Å². The lowest BCUT2D eigenvalue weighted by Crippen LogP contribution is -2.48. The predicted octanol–water partition coefficient (Wildman–Crippen LogP) is 4.56. The van der Waals surface area contributed by atoms with Gasteiger partial charge < -0.3 is 15.1 Å². The molecule has 2 aliphatic heterocycles. The van der Waals surface area contributed by atoms with E-state index in [-0.39, 0.29) is 11.9 Å². The fourth-order valence-corrected chi connectivity index (χ4v) is 5.04. The molecule has 0 bridgehead atoms. The number of nitro groups is 1. The molecule has 8 nitrogen and oxygen atoms in total. The van der Waals surface area contributed by atoms with Gasteiger partial charge in [-0.25, -0.2) is 0 Å². The van der Waals surface area contributed by atoms with E-state index in [1.807, 2.05) is 24.3 Å². The van der Waals surface area contributed by atoms with Crippen LogP contribution in [0.2, 0.25) is 5.02 Å². The molecule has 4 rings (SSSR count). The van der Waals surface area contributed by atoms with E-state index in [0.717, 1.165) is 44.0 Å². The molecule has 0 aliphatic carbocycles. The SMILES string of the molecule is O=C(CCN1CCN(c2cccc(Cl)c2)CC1)NC1CCN(c2ccc([N+](=O)[O-])c(C(F)(F)F)c2)CC1. The second-order valence-corrected chi connectivity index (χ2v) is 9.78. The number of halogens is 4. The maximum Gasteiger partial charge on any atom is 0.423 e. The third-order valence-electron chi connectivity index (χ3n) is 6.91. The average Bonchev–Trinajstić information content (AvgIpc) is 2.87. The van der Waals surface area contributed by atoms with E-state index in [1.165, 1.54) is 6.07 Å². The fraction of sp³-hybridized carbons (Fsp3) is 0.480. The number of nitrogens with zero attached hydrogens (tertiary/aromatic N) is 4.